The van der Waals surface area contributed by atoms with E-state index in [1.807, 2.05) is 60.7 Å². The van der Waals surface area contributed by atoms with E-state index < -0.39 is 25.0 Å². The van der Waals surface area contributed by atoms with E-state index in [2.05, 4.69) is 73.0 Å². The van der Waals surface area contributed by atoms with E-state index in [9.17, 15) is 4.80 Å². The predicted molar refractivity (Wildman–Crippen MR) is 198 cm³/mol. The Balaban J connectivity index is 1.98. The third-order valence-corrected chi connectivity index (χ3v) is 19.0. The van der Waals surface area contributed by atoms with Crippen LogP contribution in [0.25, 0.3) is 0 Å². The monoisotopic (exact) mass is 686 g/mol. The number of para-hydroxylation sites is 2. The van der Waals surface area contributed by atoms with E-state index in [1.54, 1.807) is 7.11 Å². The Morgan fingerprint density at radius 1 is 0.848 bits per heavy atom. The first-order valence-corrected chi connectivity index (χ1v) is 23.8. The fourth-order valence-corrected chi connectivity index (χ4v) is 8.58. The van der Waals surface area contributed by atoms with Crippen molar-refractivity contribution in [2.45, 2.75) is 103 Å². The molecule has 0 aromatic heterocycles. The van der Waals surface area contributed by atoms with Crippen molar-refractivity contribution in [2.75, 3.05) is 26.7 Å². The first-order valence-electron chi connectivity index (χ1n) is 16.6. The van der Waals surface area contributed by atoms with E-state index in [1.165, 1.54) is 11.1 Å². The normalized spacial score (nSPS) is 20.0. The van der Waals surface area contributed by atoms with Crippen LogP contribution in [0.2, 0.25) is 36.3 Å². The molecule has 2 aromatic carbocycles. The summed E-state index contributed by atoms with van der Waals surface area (Å²) in [6.07, 6.45) is 8.82. The van der Waals surface area contributed by atoms with E-state index in [4.69, 9.17) is 22.9 Å². The lowest BCUT2D eigenvalue weighted by Crippen LogP contribution is -2.47. The molecule has 3 rings (SSSR count). The molecule has 0 radical (unpaired) electrons. The summed E-state index contributed by atoms with van der Waals surface area (Å²) in [6, 6.07) is 19.8. The van der Waals surface area contributed by atoms with Gasteiger partial charge >= 0.3 is 0 Å². The van der Waals surface area contributed by atoms with Gasteiger partial charge in [0, 0.05) is 7.11 Å². The second kappa shape index (κ2) is 17.1. The number of methoxy groups -OCH3 is 1. The molecule has 0 amide bonds. The predicted octanol–water partition coefficient (Wildman–Crippen LogP) is 10.5. The van der Waals surface area contributed by atoms with Gasteiger partial charge in [0.15, 0.2) is 16.6 Å². The maximum Gasteiger partial charge on any atom is 0.294 e. The highest BCUT2D eigenvalue weighted by atomic mass is 31.2. The largest absolute Gasteiger partial charge is 0.438 e. The van der Waals surface area contributed by atoms with Gasteiger partial charge in [0.1, 0.15) is 18.3 Å². The van der Waals surface area contributed by atoms with Gasteiger partial charge in [-0.3, -0.25) is 0 Å². The summed E-state index contributed by atoms with van der Waals surface area (Å²) >= 11 is 0. The zero-order valence-electron chi connectivity index (χ0n) is 30.0. The van der Waals surface area contributed by atoms with Gasteiger partial charge in [0.25, 0.3) is 8.38 Å². The van der Waals surface area contributed by atoms with Crippen molar-refractivity contribution in [3.05, 3.63) is 84.0 Å². The molecule has 0 unspecified atom stereocenters. The van der Waals surface area contributed by atoms with Gasteiger partial charge in [-0.25, -0.2) is 0 Å². The Hall–Kier alpha value is -1.78. The van der Waals surface area contributed by atoms with Crippen LogP contribution in [0.4, 0.5) is 0 Å². The number of benzene rings is 2. The van der Waals surface area contributed by atoms with Gasteiger partial charge in [-0.2, -0.15) is 0 Å². The molecule has 256 valence electrons. The quantitative estimate of drug-likeness (QED) is 0.0623. The smallest absolute Gasteiger partial charge is 0.294 e. The van der Waals surface area contributed by atoms with Gasteiger partial charge in [-0.05, 0) is 97.7 Å². The van der Waals surface area contributed by atoms with E-state index in [-0.39, 0.29) is 22.1 Å². The van der Waals surface area contributed by atoms with Crippen molar-refractivity contribution in [2.24, 2.45) is 5.92 Å². The molecule has 6 nitrogen and oxygen atoms in total. The van der Waals surface area contributed by atoms with Gasteiger partial charge in [-0.15, -0.1) is 0 Å². The summed E-state index contributed by atoms with van der Waals surface area (Å²) in [7, 11) is -4.17. The average Bonchev–Trinajstić information content (AvgIpc) is 2.96. The van der Waals surface area contributed by atoms with Crippen LogP contribution >= 0.6 is 8.38 Å². The zero-order chi connectivity index (χ0) is 34.0. The van der Waals surface area contributed by atoms with Crippen LogP contribution in [0.15, 0.2) is 84.0 Å². The van der Waals surface area contributed by atoms with Crippen LogP contribution in [-0.4, -0.2) is 54.2 Å². The minimum absolute atomic E-state index is 0.0242. The summed E-state index contributed by atoms with van der Waals surface area (Å²) < 4.78 is 30.9. The SMILES string of the molecule is COCOCC/C=C1/[C@H](CC(C)(C)[Si](C)(C)O)C/C(=C\CP(Oc2ccccc2)Oc2ccccc2)C[C@H]1O[Si](C)(C)C(C)(C)C. The number of allylic oxidation sites excluding steroid dienone is 1. The first kappa shape index (κ1) is 38.7. The van der Waals surface area contributed by atoms with Crippen molar-refractivity contribution in [3.8, 4) is 11.5 Å². The minimum atomic E-state index is -2.45. The third-order valence-electron chi connectivity index (χ3n) is 9.73. The number of hydrogen-bond acceptors (Lipinski definition) is 6. The van der Waals surface area contributed by atoms with Crippen LogP contribution in [-0.2, 0) is 13.9 Å². The Morgan fingerprint density at radius 2 is 1.41 bits per heavy atom. The topological polar surface area (TPSA) is 66.4 Å². The van der Waals surface area contributed by atoms with Crippen molar-refractivity contribution in [1.82, 2.24) is 0 Å². The molecule has 2 aromatic rings. The molecule has 46 heavy (non-hydrogen) atoms. The van der Waals surface area contributed by atoms with E-state index >= 15 is 0 Å². The summed E-state index contributed by atoms with van der Waals surface area (Å²) in [5.41, 5.74) is 2.73. The molecule has 0 saturated heterocycles. The highest BCUT2D eigenvalue weighted by molar-refractivity contribution is 7.48. The maximum absolute atomic E-state index is 11.3. The van der Waals surface area contributed by atoms with Crippen molar-refractivity contribution in [3.63, 3.8) is 0 Å². The molecule has 1 aliphatic carbocycles. The molecule has 0 bridgehead atoms. The fraction of sp³-hybridized carbons (Fsp3) is 0.568. The minimum Gasteiger partial charge on any atom is -0.438 e. The molecular weight excluding hydrogens is 628 g/mol. The Morgan fingerprint density at radius 3 is 1.91 bits per heavy atom. The lowest BCUT2D eigenvalue weighted by molar-refractivity contribution is -0.0286. The lowest BCUT2D eigenvalue weighted by atomic mass is 9.75. The van der Waals surface area contributed by atoms with Crippen LogP contribution in [0.5, 0.6) is 11.5 Å². The highest BCUT2D eigenvalue weighted by Gasteiger charge is 2.45. The second-order valence-electron chi connectivity index (χ2n) is 15.1. The lowest BCUT2D eigenvalue weighted by Gasteiger charge is -2.46. The average molecular weight is 687 g/mol. The fourth-order valence-electron chi connectivity index (χ4n) is 5.25. The van der Waals surface area contributed by atoms with Gasteiger partial charge in [0.2, 0.25) is 0 Å². The molecule has 0 heterocycles. The molecule has 0 spiro atoms. The Labute approximate surface area is 282 Å². The second-order valence-corrected chi connectivity index (χ2v) is 25.7. The summed E-state index contributed by atoms with van der Waals surface area (Å²) in [5, 5.41) is -0.0934. The van der Waals surface area contributed by atoms with Gasteiger partial charge < -0.3 is 27.7 Å². The third kappa shape index (κ3) is 11.7. The summed E-state index contributed by atoms with van der Waals surface area (Å²) in [4.78, 5) is 11.3. The van der Waals surface area contributed by atoms with Crippen LogP contribution in [0, 0.1) is 5.92 Å². The van der Waals surface area contributed by atoms with Crippen molar-refractivity contribution in [1.29, 1.82) is 0 Å². The van der Waals surface area contributed by atoms with Crippen molar-refractivity contribution >= 4 is 25.0 Å². The zero-order valence-corrected chi connectivity index (χ0v) is 32.9. The number of rotatable bonds is 16. The van der Waals surface area contributed by atoms with Gasteiger partial charge in [-0.1, -0.05) is 88.7 Å². The number of hydrogen-bond donors (Lipinski definition) is 1. The van der Waals surface area contributed by atoms with E-state index in [0.717, 1.165) is 37.2 Å². The van der Waals surface area contributed by atoms with E-state index in [0.29, 0.717) is 19.6 Å². The highest BCUT2D eigenvalue weighted by Crippen LogP contribution is 2.50. The van der Waals surface area contributed by atoms with Crippen LogP contribution < -0.4 is 9.05 Å². The van der Waals surface area contributed by atoms with Crippen LogP contribution in [0.1, 0.15) is 60.3 Å². The molecule has 1 N–H and O–H groups in total. The van der Waals surface area contributed by atoms with Crippen molar-refractivity contribution < 1.29 is 27.7 Å². The Bertz CT molecular complexity index is 1170. The molecule has 2 atom stereocenters. The van der Waals surface area contributed by atoms with Gasteiger partial charge in [0.05, 0.1) is 18.9 Å². The summed E-state index contributed by atoms with van der Waals surface area (Å²) in [5.74, 6) is 1.87. The molecule has 1 saturated carbocycles. The Kier molecular flexibility index (Phi) is 14.3. The summed E-state index contributed by atoms with van der Waals surface area (Å²) in [6.45, 7) is 21.1. The maximum atomic E-state index is 11.3. The number of ether oxygens (including phenoxy) is 2. The standard InChI is InChI=1S/C37H59O6PSi2/c1-36(2,3)46(9,10)43-35-27-30(23-25-44(41-32-18-13-11-14-19-32)42-33-20-15-12-16-21-33)26-31(28-37(4,5)45(7,8)38)34(35)22-17-24-40-29-39-6/h11-16,18-23,31,35,38H,17,24-29H2,1-10H3/b30-23+,34-22-/t31-,35+/m0/s1. The van der Waals surface area contributed by atoms with Crippen LogP contribution in [0.3, 0.4) is 0 Å². The molecule has 9 heteroatoms. The first-order chi connectivity index (χ1) is 21.5. The molecular formula is C37H59O6PSi2. The molecule has 1 aliphatic rings. The molecule has 1 fully saturated rings. The molecule has 0 aliphatic heterocycles.